The van der Waals surface area contributed by atoms with E-state index in [4.69, 9.17) is 0 Å². The maximum Gasteiger partial charge on any atom is 0.243 e. The molecule has 0 aliphatic carbocycles. The van der Waals surface area contributed by atoms with Gasteiger partial charge in [-0.1, -0.05) is 48.5 Å². The molecule has 0 radical (unpaired) electrons. The molecular formula is C25H30N4O3S. The van der Waals surface area contributed by atoms with E-state index in [0.29, 0.717) is 43.9 Å². The number of piperidine rings is 1. The fourth-order valence-electron chi connectivity index (χ4n) is 4.32. The molecule has 0 unspecified atom stereocenters. The van der Waals surface area contributed by atoms with Crippen LogP contribution >= 0.6 is 0 Å². The van der Waals surface area contributed by atoms with Gasteiger partial charge in [0, 0.05) is 36.8 Å². The van der Waals surface area contributed by atoms with E-state index in [0.717, 1.165) is 17.0 Å². The van der Waals surface area contributed by atoms with E-state index in [-0.39, 0.29) is 11.8 Å². The summed E-state index contributed by atoms with van der Waals surface area (Å²) >= 11 is 0. The number of aryl methyl sites for hydroxylation is 1. The molecule has 3 aromatic rings. The van der Waals surface area contributed by atoms with Crippen LogP contribution in [0, 0.1) is 19.8 Å². The molecule has 1 aliphatic rings. The number of carbonyl (C=O) groups is 1. The predicted molar refractivity (Wildman–Crippen MR) is 127 cm³/mol. The van der Waals surface area contributed by atoms with Gasteiger partial charge in [-0.25, -0.2) is 8.42 Å². The van der Waals surface area contributed by atoms with Crippen molar-refractivity contribution in [1.82, 2.24) is 19.4 Å². The number of hydrogen-bond donors (Lipinski definition) is 1. The molecule has 1 amide bonds. The standard InChI is InChI=1S/C25H30N4O3S/c1-19-24(20(2)29(27-19)18-21-9-5-3-6-10-21)17-26-25(30)22-13-15-28(16-14-22)33(31,32)23-11-7-4-8-12-23/h3-12,22H,13-18H2,1-2H3,(H,26,30). The molecule has 0 bridgehead atoms. The van der Waals surface area contributed by atoms with Crippen molar-refractivity contribution in [1.29, 1.82) is 0 Å². The Hall–Kier alpha value is -2.97. The van der Waals surface area contributed by atoms with E-state index >= 15 is 0 Å². The van der Waals surface area contributed by atoms with Gasteiger partial charge in [-0.3, -0.25) is 9.48 Å². The van der Waals surface area contributed by atoms with Gasteiger partial charge in [0.2, 0.25) is 15.9 Å². The summed E-state index contributed by atoms with van der Waals surface area (Å²) in [7, 11) is -3.51. The van der Waals surface area contributed by atoms with Crippen LogP contribution in [0.15, 0.2) is 65.6 Å². The second-order valence-corrected chi connectivity index (χ2v) is 10.4. The maximum atomic E-state index is 12.8. The lowest BCUT2D eigenvalue weighted by Gasteiger charge is -2.30. The second-order valence-electron chi connectivity index (χ2n) is 8.50. The van der Waals surface area contributed by atoms with Crippen LogP contribution in [0.3, 0.4) is 0 Å². The summed E-state index contributed by atoms with van der Waals surface area (Å²) in [4.78, 5) is 13.1. The van der Waals surface area contributed by atoms with Gasteiger partial charge in [0.1, 0.15) is 0 Å². The van der Waals surface area contributed by atoms with E-state index in [1.165, 1.54) is 9.87 Å². The Morgan fingerprint density at radius 3 is 2.24 bits per heavy atom. The first kappa shape index (κ1) is 23.2. The number of carbonyl (C=O) groups excluding carboxylic acids is 1. The molecule has 33 heavy (non-hydrogen) atoms. The molecule has 2 aromatic carbocycles. The van der Waals surface area contributed by atoms with Crippen molar-refractivity contribution in [3.05, 3.63) is 83.2 Å². The monoisotopic (exact) mass is 466 g/mol. The van der Waals surface area contributed by atoms with E-state index in [9.17, 15) is 13.2 Å². The highest BCUT2D eigenvalue weighted by atomic mass is 32.2. The van der Waals surface area contributed by atoms with Gasteiger partial charge < -0.3 is 5.32 Å². The smallest absolute Gasteiger partial charge is 0.243 e. The van der Waals surface area contributed by atoms with Crippen LogP contribution < -0.4 is 5.32 Å². The minimum Gasteiger partial charge on any atom is -0.352 e. The van der Waals surface area contributed by atoms with Crippen molar-refractivity contribution >= 4 is 15.9 Å². The number of nitrogens with zero attached hydrogens (tertiary/aromatic N) is 3. The minimum atomic E-state index is -3.51. The lowest BCUT2D eigenvalue weighted by molar-refractivity contribution is -0.126. The van der Waals surface area contributed by atoms with Crippen LogP contribution in [-0.2, 0) is 27.9 Å². The average molecular weight is 467 g/mol. The third kappa shape index (κ3) is 5.17. The molecule has 1 aromatic heterocycles. The number of rotatable bonds is 7. The SMILES string of the molecule is Cc1nn(Cc2ccccc2)c(C)c1CNC(=O)C1CCN(S(=O)(=O)c2ccccc2)CC1. The summed E-state index contributed by atoms with van der Waals surface area (Å²) in [6.45, 7) is 5.80. The molecule has 4 rings (SSSR count). The molecule has 174 valence electrons. The van der Waals surface area contributed by atoms with Crippen molar-refractivity contribution in [2.24, 2.45) is 5.92 Å². The fraction of sp³-hybridized carbons (Fsp3) is 0.360. The van der Waals surface area contributed by atoms with E-state index in [2.05, 4.69) is 22.5 Å². The highest BCUT2D eigenvalue weighted by Crippen LogP contribution is 2.24. The normalized spacial score (nSPS) is 15.5. The van der Waals surface area contributed by atoms with Crippen LogP contribution in [0.1, 0.15) is 35.4 Å². The molecule has 1 saturated heterocycles. The second kappa shape index (κ2) is 9.89. The number of hydrogen-bond acceptors (Lipinski definition) is 4. The van der Waals surface area contributed by atoms with Gasteiger partial charge in [-0.15, -0.1) is 0 Å². The minimum absolute atomic E-state index is 0.0265. The van der Waals surface area contributed by atoms with Crippen molar-refractivity contribution in [3.8, 4) is 0 Å². The van der Waals surface area contributed by atoms with Gasteiger partial charge in [-0.2, -0.15) is 9.40 Å². The largest absolute Gasteiger partial charge is 0.352 e. The molecule has 0 saturated carbocycles. The summed E-state index contributed by atoms with van der Waals surface area (Å²) in [5.41, 5.74) is 4.16. The van der Waals surface area contributed by atoms with Crippen molar-refractivity contribution in [3.63, 3.8) is 0 Å². The first-order valence-electron chi connectivity index (χ1n) is 11.3. The molecule has 2 heterocycles. The van der Waals surface area contributed by atoms with Crippen molar-refractivity contribution in [2.75, 3.05) is 13.1 Å². The third-order valence-electron chi connectivity index (χ3n) is 6.35. The fourth-order valence-corrected chi connectivity index (χ4v) is 5.81. The Morgan fingerprint density at radius 1 is 1.00 bits per heavy atom. The topological polar surface area (TPSA) is 84.3 Å². The molecule has 0 spiro atoms. The summed E-state index contributed by atoms with van der Waals surface area (Å²) in [6, 6.07) is 18.6. The van der Waals surface area contributed by atoms with Gasteiger partial charge in [0.05, 0.1) is 17.1 Å². The zero-order valence-electron chi connectivity index (χ0n) is 19.1. The highest BCUT2D eigenvalue weighted by Gasteiger charge is 2.32. The lowest BCUT2D eigenvalue weighted by Crippen LogP contribution is -2.42. The van der Waals surface area contributed by atoms with E-state index < -0.39 is 10.0 Å². The summed E-state index contributed by atoms with van der Waals surface area (Å²) < 4.78 is 29.0. The Morgan fingerprint density at radius 2 is 1.61 bits per heavy atom. The van der Waals surface area contributed by atoms with Crippen molar-refractivity contribution in [2.45, 2.75) is 44.7 Å². The predicted octanol–water partition coefficient (Wildman–Crippen LogP) is 3.27. The molecule has 8 heteroatoms. The Bertz CT molecular complexity index is 1200. The van der Waals surface area contributed by atoms with Crippen LogP contribution in [0.25, 0.3) is 0 Å². The van der Waals surface area contributed by atoms with Gasteiger partial charge >= 0.3 is 0 Å². The Balaban J connectivity index is 1.33. The van der Waals surface area contributed by atoms with Gasteiger partial charge in [0.15, 0.2) is 0 Å². The van der Waals surface area contributed by atoms with Gasteiger partial charge in [0.25, 0.3) is 0 Å². The average Bonchev–Trinajstić information content (AvgIpc) is 3.10. The van der Waals surface area contributed by atoms with Crippen molar-refractivity contribution < 1.29 is 13.2 Å². The van der Waals surface area contributed by atoms with E-state index in [1.807, 2.05) is 36.7 Å². The first-order valence-corrected chi connectivity index (χ1v) is 12.7. The summed E-state index contributed by atoms with van der Waals surface area (Å²) in [6.07, 6.45) is 1.03. The highest BCUT2D eigenvalue weighted by molar-refractivity contribution is 7.89. The number of aromatic nitrogens is 2. The molecule has 1 N–H and O–H groups in total. The number of sulfonamides is 1. The number of nitrogens with one attached hydrogen (secondary N) is 1. The quantitative estimate of drug-likeness (QED) is 0.579. The van der Waals surface area contributed by atoms with Crippen LogP contribution in [-0.4, -0.2) is 41.5 Å². The Kier molecular flexibility index (Phi) is 6.95. The van der Waals surface area contributed by atoms with Crippen LogP contribution in [0.4, 0.5) is 0 Å². The molecule has 7 nitrogen and oxygen atoms in total. The maximum absolute atomic E-state index is 12.8. The zero-order valence-corrected chi connectivity index (χ0v) is 19.9. The van der Waals surface area contributed by atoms with E-state index in [1.54, 1.807) is 30.3 Å². The molecular weight excluding hydrogens is 436 g/mol. The Labute approximate surface area is 195 Å². The third-order valence-corrected chi connectivity index (χ3v) is 8.26. The molecule has 0 atom stereocenters. The molecule has 1 aliphatic heterocycles. The van der Waals surface area contributed by atoms with Crippen LogP contribution in [0.2, 0.25) is 0 Å². The summed E-state index contributed by atoms with van der Waals surface area (Å²) in [5, 5.41) is 7.71. The van der Waals surface area contributed by atoms with Gasteiger partial charge in [-0.05, 0) is 44.4 Å². The number of amides is 1. The van der Waals surface area contributed by atoms with Crippen LogP contribution in [0.5, 0.6) is 0 Å². The zero-order chi connectivity index (χ0) is 23.4. The number of benzene rings is 2. The lowest BCUT2D eigenvalue weighted by atomic mass is 9.97. The first-order chi connectivity index (χ1) is 15.9. The molecule has 1 fully saturated rings. The summed E-state index contributed by atoms with van der Waals surface area (Å²) in [5.74, 6) is -0.214.